The van der Waals surface area contributed by atoms with Gasteiger partial charge < -0.3 is 26.5 Å². The van der Waals surface area contributed by atoms with E-state index in [9.17, 15) is 0 Å². The molecule has 5 nitrogen and oxygen atoms in total. The Bertz CT molecular complexity index is 3270. The van der Waals surface area contributed by atoms with E-state index in [2.05, 4.69) is 266 Å². The molecule has 8 aromatic rings. The number of aromatic nitrogens is 2. The first-order valence-corrected chi connectivity index (χ1v) is 25.1. The maximum Gasteiger partial charge on any atom is 4.00 e. The number of nitrogens with zero attached hydrogens (tertiary/aromatic N) is 4. The van der Waals surface area contributed by atoms with Crippen LogP contribution in [0.4, 0.5) is 22.7 Å². The van der Waals surface area contributed by atoms with Gasteiger partial charge in [0.05, 0.1) is 0 Å². The summed E-state index contributed by atoms with van der Waals surface area (Å²) in [5.41, 5.74) is 14.4. The van der Waals surface area contributed by atoms with Crippen LogP contribution in [0.15, 0.2) is 128 Å². The molecule has 2 aromatic heterocycles. The number of hydrogen-bond acceptors (Lipinski definition) is 4. The van der Waals surface area contributed by atoms with Crippen LogP contribution in [0, 0.1) is 26.2 Å². The van der Waals surface area contributed by atoms with Crippen molar-refractivity contribution < 1.29 is 25.8 Å². The Hall–Kier alpha value is -5.64. The van der Waals surface area contributed by atoms with Gasteiger partial charge in [0, 0.05) is 45.7 Å². The predicted octanol–water partition coefficient (Wildman–Crippen LogP) is 18.2. The first-order valence-electron chi connectivity index (χ1n) is 25.1. The normalized spacial score (nSPS) is 13.6. The number of rotatable bonds is 7. The van der Waals surface area contributed by atoms with E-state index in [1.807, 2.05) is 12.3 Å². The van der Waals surface area contributed by atoms with Crippen molar-refractivity contribution in [2.45, 2.75) is 150 Å². The van der Waals surface area contributed by atoms with Crippen molar-refractivity contribution >= 4 is 44.6 Å². The van der Waals surface area contributed by atoms with Crippen molar-refractivity contribution in [2.75, 3.05) is 9.80 Å². The van der Waals surface area contributed by atoms with Gasteiger partial charge in [-0.15, -0.1) is 48.3 Å². The summed E-state index contributed by atoms with van der Waals surface area (Å²) in [5.74, 6) is 2.11. The van der Waals surface area contributed by atoms with E-state index < -0.39 is 0 Å². The zero-order chi connectivity index (χ0) is 50.5. The number of fused-ring (bicyclic) bond motifs is 4. The Balaban J connectivity index is 0.00000380. The van der Waals surface area contributed by atoms with E-state index in [0.717, 1.165) is 45.0 Å². The summed E-state index contributed by atoms with van der Waals surface area (Å²) in [7, 11) is 0. The smallest absolute Gasteiger partial charge is 0.509 e. The van der Waals surface area contributed by atoms with Gasteiger partial charge in [-0.3, -0.25) is 0 Å². The molecule has 1 aliphatic rings. The number of pyridine rings is 1. The third-order valence-electron chi connectivity index (χ3n) is 14.3. The van der Waals surface area contributed by atoms with Gasteiger partial charge in [-0.1, -0.05) is 183 Å². The number of benzene rings is 6. The molecule has 0 saturated carbocycles. The van der Waals surface area contributed by atoms with Gasteiger partial charge in [0.25, 0.3) is 0 Å². The second-order valence-corrected chi connectivity index (χ2v) is 25.3. The molecule has 376 valence electrons. The average molecular weight is 1140 g/mol. The molecular formula is C66H76N4OPt. The van der Waals surface area contributed by atoms with Gasteiger partial charge >= 0.3 is 21.1 Å². The van der Waals surface area contributed by atoms with Gasteiger partial charge in [-0.05, 0) is 108 Å². The molecule has 0 atom stereocenters. The Morgan fingerprint density at radius 3 is 1.68 bits per heavy atom. The molecule has 0 N–H and O–H groups in total. The minimum atomic E-state index is -0.236. The SMILES string of the molecule is CC(C)(C)c1cc(N2[CH-]N(c3[c-]c(Oc4[c-]c5c(c(C(C)(C)C)c4)c4ccccc4n5-c4cc(C(C)(C)C)ccn4)ccc3)c3cc(C(C)(C)C)c(C(C)(C)C)cc32)cc(C(C)(C)c2ccccc2)c1.[CH3-].[Pt+4]. The van der Waals surface area contributed by atoms with E-state index in [-0.39, 0.29) is 61.0 Å². The molecule has 0 bridgehead atoms. The van der Waals surface area contributed by atoms with Crippen LogP contribution in [0.3, 0.4) is 0 Å². The molecule has 0 radical (unpaired) electrons. The fourth-order valence-electron chi connectivity index (χ4n) is 10.0. The molecule has 72 heavy (non-hydrogen) atoms. The molecule has 9 rings (SSSR count). The standard InChI is InChI=1S/C65H73N4O.CH3.Pt/c1-60(2,3)43-30-31-66-58(35-43)69-54-29-22-21-28-50(54)59-53(64(13,14)15)37-49(38-57(59)69)70-48-27-23-26-46(36-48)67-41-68(56-40-52(63(10,11)12)51(39-55(56)67)62(7,8)9)47-33-44(61(4,5)6)32-45(34-47)65(16,17)42-24-19-18-20-25-42;;/h18-35,37,39-41H,1-17H3;1H3;/q-3;-1;+4. The second kappa shape index (κ2) is 19.0. The van der Waals surface area contributed by atoms with E-state index in [1.54, 1.807) is 0 Å². The van der Waals surface area contributed by atoms with E-state index in [4.69, 9.17) is 9.72 Å². The van der Waals surface area contributed by atoms with Gasteiger partial charge in [0.15, 0.2) is 0 Å². The minimum absolute atomic E-state index is 0. The summed E-state index contributed by atoms with van der Waals surface area (Å²) in [5, 5.41) is 2.33. The van der Waals surface area contributed by atoms with Crippen molar-refractivity contribution in [3.8, 4) is 17.3 Å². The molecule has 1 aliphatic heterocycles. The van der Waals surface area contributed by atoms with Crippen LogP contribution in [0.5, 0.6) is 11.5 Å². The molecule has 3 heterocycles. The summed E-state index contributed by atoms with van der Waals surface area (Å²) >= 11 is 0. The Morgan fingerprint density at radius 2 is 1.07 bits per heavy atom. The van der Waals surface area contributed by atoms with Gasteiger partial charge in [0.1, 0.15) is 5.82 Å². The number of ether oxygens (including phenoxy) is 1. The van der Waals surface area contributed by atoms with Crippen molar-refractivity contribution in [3.05, 3.63) is 193 Å². The van der Waals surface area contributed by atoms with Gasteiger partial charge in [-0.2, -0.15) is 6.07 Å². The quantitative estimate of drug-likeness (QED) is 0.149. The number of para-hydroxylation sites is 1. The van der Waals surface area contributed by atoms with Crippen LogP contribution >= 0.6 is 0 Å². The number of hydrogen-bond donors (Lipinski definition) is 0. The third kappa shape index (κ3) is 10.2. The number of anilines is 4. The third-order valence-corrected chi connectivity index (χ3v) is 14.3. The maximum absolute atomic E-state index is 6.98. The molecule has 6 heteroatoms. The van der Waals surface area contributed by atoms with Crippen molar-refractivity contribution in [1.29, 1.82) is 0 Å². The van der Waals surface area contributed by atoms with Crippen LogP contribution in [0.2, 0.25) is 0 Å². The van der Waals surface area contributed by atoms with Crippen LogP contribution in [-0.2, 0) is 53.6 Å². The second-order valence-electron chi connectivity index (χ2n) is 25.3. The predicted molar refractivity (Wildman–Crippen MR) is 303 cm³/mol. The van der Waals surface area contributed by atoms with Crippen molar-refractivity contribution in [1.82, 2.24) is 9.55 Å². The minimum Gasteiger partial charge on any atom is -0.509 e. The molecule has 0 fully saturated rings. The summed E-state index contributed by atoms with van der Waals surface area (Å²) in [6.45, 7) is 41.4. The fraction of sp³-hybridized carbons (Fsp3) is 0.348. The van der Waals surface area contributed by atoms with Crippen molar-refractivity contribution in [3.63, 3.8) is 0 Å². The summed E-state index contributed by atoms with van der Waals surface area (Å²) in [6.07, 6.45) is 1.93. The molecule has 6 aromatic carbocycles. The maximum atomic E-state index is 6.98. The summed E-state index contributed by atoms with van der Waals surface area (Å²) < 4.78 is 9.23. The van der Waals surface area contributed by atoms with Crippen LogP contribution in [0.25, 0.3) is 27.6 Å². The average Bonchev–Trinajstić information content (AvgIpc) is 3.83. The largest absolute Gasteiger partial charge is 4.00 e. The zero-order valence-corrected chi connectivity index (χ0v) is 48.5. The Morgan fingerprint density at radius 1 is 0.486 bits per heavy atom. The fourth-order valence-corrected chi connectivity index (χ4v) is 10.0. The monoisotopic (exact) mass is 1140 g/mol. The molecule has 0 aliphatic carbocycles. The van der Waals surface area contributed by atoms with Crippen LogP contribution in [0.1, 0.15) is 157 Å². The van der Waals surface area contributed by atoms with Crippen LogP contribution < -0.4 is 14.5 Å². The van der Waals surface area contributed by atoms with Gasteiger partial charge in [-0.25, -0.2) is 4.98 Å². The van der Waals surface area contributed by atoms with Crippen LogP contribution in [-0.4, -0.2) is 9.55 Å². The Labute approximate surface area is 447 Å². The summed E-state index contributed by atoms with van der Waals surface area (Å²) in [6, 6.07) is 51.9. The first kappa shape index (κ1) is 54.1. The molecule has 0 saturated heterocycles. The van der Waals surface area contributed by atoms with E-state index in [1.165, 1.54) is 44.3 Å². The Kier molecular flexibility index (Phi) is 14.3. The first-order chi connectivity index (χ1) is 32.6. The summed E-state index contributed by atoms with van der Waals surface area (Å²) in [4.78, 5) is 9.67. The van der Waals surface area contributed by atoms with E-state index >= 15 is 0 Å². The molecule has 0 spiro atoms. The van der Waals surface area contributed by atoms with E-state index in [0.29, 0.717) is 11.5 Å². The molecular weight excluding hydrogens is 1060 g/mol. The topological polar surface area (TPSA) is 33.5 Å². The van der Waals surface area contributed by atoms with Gasteiger partial charge in [0.2, 0.25) is 0 Å². The zero-order valence-electron chi connectivity index (χ0n) is 46.2. The molecule has 0 unspecified atom stereocenters. The molecule has 0 amide bonds. The van der Waals surface area contributed by atoms with Crippen molar-refractivity contribution in [2.24, 2.45) is 0 Å².